The van der Waals surface area contributed by atoms with Crippen LogP contribution in [0.3, 0.4) is 0 Å². The molecule has 1 N–H and O–H groups in total. The molecule has 2 aliphatic carbocycles. The Labute approximate surface area is 316 Å². The number of para-hydroxylation sites is 2. The van der Waals surface area contributed by atoms with Gasteiger partial charge in [0.15, 0.2) is 0 Å². The smallest absolute Gasteiger partial charge is 0.0544 e. The molecule has 0 radical (unpaired) electrons. The van der Waals surface area contributed by atoms with Crippen LogP contribution in [-0.4, -0.2) is 4.98 Å². The summed E-state index contributed by atoms with van der Waals surface area (Å²) < 4.78 is 0. The van der Waals surface area contributed by atoms with E-state index in [1.807, 2.05) is 0 Å². The van der Waals surface area contributed by atoms with Gasteiger partial charge in [-0.1, -0.05) is 127 Å². The van der Waals surface area contributed by atoms with E-state index in [9.17, 15) is 0 Å². The van der Waals surface area contributed by atoms with Gasteiger partial charge in [0.25, 0.3) is 0 Å². The molecule has 0 spiro atoms. The van der Waals surface area contributed by atoms with Gasteiger partial charge in [-0.2, -0.15) is 0 Å². The lowest BCUT2D eigenvalue weighted by atomic mass is 9.84. The highest BCUT2D eigenvalue weighted by molar-refractivity contribution is 6.14. The molecule has 0 unspecified atom stereocenters. The zero-order valence-corrected chi connectivity index (χ0v) is 31.1. The van der Waals surface area contributed by atoms with Gasteiger partial charge in [-0.25, -0.2) is 0 Å². The minimum Gasteiger partial charge on any atom is -0.354 e. The maximum Gasteiger partial charge on any atom is 0.0544 e. The fourth-order valence-electron chi connectivity index (χ4n) is 9.91. The van der Waals surface area contributed by atoms with Gasteiger partial charge in [-0.15, -0.1) is 0 Å². The second kappa shape index (κ2) is 11.6. The van der Waals surface area contributed by atoms with Crippen molar-refractivity contribution >= 4 is 49.6 Å². The summed E-state index contributed by atoms with van der Waals surface area (Å²) >= 11 is 0. The standard InChI is InChI=1S/C52H40N2/c1-30-27-43-37-19-8-6-16-35(37)28-44(43)51(31(30)2)54(47-26-13-18-34-15-5-9-20-38(34)47)52-33(4)32(3)48(49-39-21-10-7-17-36(39)29-45(49)52)42-24-14-23-41-40-22-11-12-25-46(40)53-50(41)42/h5-27,53H,28-29H2,1-4H3. The zero-order chi connectivity index (χ0) is 36.2. The van der Waals surface area contributed by atoms with Gasteiger partial charge >= 0.3 is 0 Å². The number of nitrogens with zero attached hydrogens (tertiary/aromatic N) is 1. The average molecular weight is 693 g/mol. The van der Waals surface area contributed by atoms with Crippen LogP contribution >= 0.6 is 0 Å². The molecule has 0 saturated heterocycles. The number of aromatic nitrogens is 1. The Hall–Kier alpha value is -6.38. The molecule has 0 amide bonds. The number of hydrogen-bond donors (Lipinski definition) is 1. The number of aromatic amines is 1. The Morgan fingerprint density at radius 3 is 1.93 bits per heavy atom. The molecule has 0 atom stereocenters. The molecule has 11 rings (SSSR count). The highest BCUT2D eigenvalue weighted by Crippen LogP contribution is 2.56. The van der Waals surface area contributed by atoms with E-state index in [1.165, 1.54) is 128 Å². The van der Waals surface area contributed by atoms with Crippen LogP contribution in [0.4, 0.5) is 17.1 Å². The highest BCUT2D eigenvalue weighted by atomic mass is 15.2. The first-order valence-electron chi connectivity index (χ1n) is 19.2. The summed E-state index contributed by atoms with van der Waals surface area (Å²) in [6, 6.07) is 51.9. The number of fused-ring (bicyclic) bond motifs is 10. The molecule has 2 heteroatoms. The van der Waals surface area contributed by atoms with Crippen LogP contribution in [0.2, 0.25) is 0 Å². The van der Waals surface area contributed by atoms with Crippen molar-refractivity contribution in [2.45, 2.75) is 40.5 Å². The average Bonchev–Trinajstić information content (AvgIpc) is 3.89. The monoisotopic (exact) mass is 692 g/mol. The van der Waals surface area contributed by atoms with E-state index in [-0.39, 0.29) is 0 Å². The molecule has 8 aromatic carbocycles. The number of anilines is 3. The minimum absolute atomic E-state index is 0.881. The summed E-state index contributed by atoms with van der Waals surface area (Å²) in [5, 5.41) is 5.05. The molecule has 0 aliphatic heterocycles. The van der Waals surface area contributed by atoms with E-state index in [0.717, 1.165) is 12.8 Å². The van der Waals surface area contributed by atoms with Crippen molar-refractivity contribution in [2.24, 2.45) is 0 Å². The molecule has 9 aromatic rings. The molecule has 1 aromatic heterocycles. The number of rotatable bonds is 4. The lowest BCUT2D eigenvalue weighted by molar-refractivity contribution is 1.12. The second-order valence-electron chi connectivity index (χ2n) is 15.4. The maximum absolute atomic E-state index is 3.86. The third-order valence-corrected chi connectivity index (χ3v) is 12.6. The SMILES string of the molecule is Cc1cc2c(c(N(c3c(C)c(C)c(-c4cccc5c4[nH]c4ccccc45)c4c3Cc3ccccc3-4)c3cccc4ccccc34)c1C)Cc1ccccc1-2. The quantitative estimate of drug-likeness (QED) is 0.195. The second-order valence-corrected chi connectivity index (χ2v) is 15.4. The van der Waals surface area contributed by atoms with E-state index in [0.29, 0.717) is 0 Å². The van der Waals surface area contributed by atoms with E-state index in [1.54, 1.807) is 0 Å². The van der Waals surface area contributed by atoms with Gasteiger partial charge in [-0.05, 0) is 118 Å². The lowest BCUT2D eigenvalue weighted by Gasteiger charge is -2.35. The van der Waals surface area contributed by atoms with Crippen LogP contribution in [0.15, 0.2) is 140 Å². The van der Waals surface area contributed by atoms with Crippen LogP contribution in [-0.2, 0) is 12.8 Å². The van der Waals surface area contributed by atoms with Crippen molar-refractivity contribution in [2.75, 3.05) is 4.90 Å². The molecule has 0 saturated carbocycles. The Morgan fingerprint density at radius 2 is 1.07 bits per heavy atom. The van der Waals surface area contributed by atoms with Crippen molar-refractivity contribution in [1.82, 2.24) is 4.98 Å². The fourth-order valence-corrected chi connectivity index (χ4v) is 9.91. The molecule has 2 nitrogen and oxygen atoms in total. The molecule has 258 valence electrons. The first kappa shape index (κ1) is 31.2. The van der Waals surface area contributed by atoms with Gasteiger partial charge in [0.2, 0.25) is 0 Å². The molecule has 0 bridgehead atoms. The topological polar surface area (TPSA) is 19.0 Å². The van der Waals surface area contributed by atoms with Gasteiger partial charge in [0.1, 0.15) is 0 Å². The summed E-state index contributed by atoms with van der Waals surface area (Å²) in [5.41, 5.74) is 25.2. The lowest BCUT2D eigenvalue weighted by Crippen LogP contribution is -2.18. The summed E-state index contributed by atoms with van der Waals surface area (Å²) in [7, 11) is 0. The predicted octanol–water partition coefficient (Wildman–Crippen LogP) is 14.0. The van der Waals surface area contributed by atoms with Crippen LogP contribution in [0, 0.1) is 27.7 Å². The fraction of sp³-hybridized carbons (Fsp3) is 0.115. The van der Waals surface area contributed by atoms with Gasteiger partial charge < -0.3 is 9.88 Å². The molecule has 0 fully saturated rings. The van der Waals surface area contributed by atoms with E-state index < -0.39 is 0 Å². The summed E-state index contributed by atoms with van der Waals surface area (Å²) in [6.45, 7) is 9.38. The van der Waals surface area contributed by atoms with Crippen LogP contribution in [0.1, 0.15) is 44.5 Å². The first-order chi connectivity index (χ1) is 26.5. The molecule has 2 aliphatic rings. The van der Waals surface area contributed by atoms with Crippen molar-refractivity contribution in [3.63, 3.8) is 0 Å². The van der Waals surface area contributed by atoms with Gasteiger partial charge in [0, 0.05) is 40.1 Å². The van der Waals surface area contributed by atoms with E-state index in [2.05, 4.69) is 177 Å². The summed E-state index contributed by atoms with van der Waals surface area (Å²) in [5.74, 6) is 0. The Kier molecular flexibility index (Phi) is 6.67. The molecule has 54 heavy (non-hydrogen) atoms. The number of aryl methyl sites for hydroxylation is 1. The van der Waals surface area contributed by atoms with Crippen LogP contribution < -0.4 is 4.90 Å². The Morgan fingerprint density at radius 1 is 0.463 bits per heavy atom. The van der Waals surface area contributed by atoms with Crippen LogP contribution in [0.25, 0.3) is 66.0 Å². The number of hydrogen-bond acceptors (Lipinski definition) is 1. The summed E-state index contributed by atoms with van der Waals surface area (Å²) in [4.78, 5) is 6.55. The minimum atomic E-state index is 0.881. The predicted molar refractivity (Wildman–Crippen MR) is 229 cm³/mol. The molecular formula is C52H40N2. The number of nitrogens with one attached hydrogen (secondary N) is 1. The van der Waals surface area contributed by atoms with Crippen molar-refractivity contribution in [3.8, 4) is 33.4 Å². The third-order valence-electron chi connectivity index (χ3n) is 12.6. The Balaban J connectivity index is 1.28. The largest absolute Gasteiger partial charge is 0.354 e. The van der Waals surface area contributed by atoms with Crippen molar-refractivity contribution in [3.05, 3.63) is 184 Å². The molecule has 1 heterocycles. The first-order valence-corrected chi connectivity index (χ1v) is 19.2. The van der Waals surface area contributed by atoms with Crippen molar-refractivity contribution in [1.29, 1.82) is 0 Å². The number of benzene rings is 8. The van der Waals surface area contributed by atoms with Gasteiger partial charge in [0.05, 0.1) is 22.6 Å². The van der Waals surface area contributed by atoms with Gasteiger partial charge in [-0.3, -0.25) is 0 Å². The summed E-state index contributed by atoms with van der Waals surface area (Å²) in [6.07, 6.45) is 1.80. The third kappa shape index (κ3) is 4.28. The van der Waals surface area contributed by atoms with Crippen LogP contribution in [0.5, 0.6) is 0 Å². The maximum atomic E-state index is 3.86. The molecular weight excluding hydrogens is 653 g/mol. The Bertz CT molecular complexity index is 3040. The van der Waals surface area contributed by atoms with E-state index in [4.69, 9.17) is 0 Å². The normalized spacial score (nSPS) is 12.7. The van der Waals surface area contributed by atoms with Crippen molar-refractivity contribution < 1.29 is 0 Å². The zero-order valence-electron chi connectivity index (χ0n) is 31.1. The number of H-pyrrole nitrogens is 1. The highest BCUT2D eigenvalue weighted by Gasteiger charge is 2.35. The van der Waals surface area contributed by atoms with E-state index >= 15 is 0 Å².